The number of aromatic nitrogens is 2. The third-order valence-electron chi connectivity index (χ3n) is 4.06. The molecule has 2 aromatic rings. The van der Waals surface area contributed by atoms with Gasteiger partial charge >= 0.3 is 0 Å². The van der Waals surface area contributed by atoms with E-state index in [-0.39, 0.29) is 5.82 Å². The van der Waals surface area contributed by atoms with E-state index < -0.39 is 0 Å². The maximum atomic E-state index is 13.7. The van der Waals surface area contributed by atoms with Crippen LogP contribution in [0.5, 0.6) is 0 Å². The molecule has 1 aliphatic rings. The fraction of sp³-hybridized carbons (Fsp3) is 0.500. The molecule has 3 nitrogen and oxygen atoms in total. The van der Waals surface area contributed by atoms with E-state index in [1.807, 2.05) is 4.57 Å². The Morgan fingerprint density at radius 2 is 2.11 bits per heavy atom. The average molecular weight is 326 g/mol. The zero-order chi connectivity index (χ0) is 13.4. The molecule has 1 aliphatic carbocycles. The Labute approximate surface area is 120 Å². The molecular weight excluding hydrogens is 309 g/mol. The molecule has 2 N–H and O–H groups in total. The summed E-state index contributed by atoms with van der Waals surface area (Å²) in [6.45, 7) is 0.827. The van der Waals surface area contributed by atoms with Gasteiger partial charge in [0.1, 0.15) is 5.82 Å². The summed E-state index contributed by atoms with van der Waals surface area (Å²) in [4.78, 5) is 4.30. The van der Waals surface area contributed by atoms with Gasteiger partial charge in [0.05, 0.1) is 15.5 Å². The van der Waals surface area contributed by atoms with Crippen molar-refractivity contribution in [3.63, 3.8) is 0 Å². The van der Waals surface area contributed by atoms with E-state index in [1.54, 1.807) is 6.07 Å². The molecule has 1 aromatic heterocycles. The van der Waals surface area contributed by atoms with E-state index in [1.165, 1.54) is 31.7 Å². The molecule has 3 rings (SSSR count). The van der Waals surface area contributed by atoms with Crippen molar-refractivity contribution < 1.29 is 4.39 Å². The van der Waals surface area contributed by atoms with Crippen molar-refractivity contribution in [3.05, 3.63) is 22.4 Å². The predicted molar refractivity (Wildman–Crippen MR) is 78.4 cm³/mol. The standard InChI is InChI=1S/C14H17BrFN3/c15-10-7-12-13(8-11(10)16)19(14(17)18-12)6-5-9-3-1-2-4-9/h7-9H,1-6H2,(H2,17,18). The molecule has 0 aliphatic heterocycles. The van der Waals surface area contributed by atoms with E-state index in [0.29, 0.717) is 10.4 Å². The Morgan fingerprint density at radius 3 is 2.84 bits per heavy atom. The van der Waals surface area contributed by atoms with Crippen LogP contribution in [0.1, 0.15) is 32.1 Å². The van der Waals surface area contributed by atoms with Crippen LogP contribution in [-0.2, 0) is 6.54 Å². The van der Waals surface area contributed by atoms with Crippen LogP contribution in [0.2, 0.25) is 0 Å². The van der Waals surface area contributed by atoms with Gasteiger partial charge in [0.2, 0.25) is 5.95 Å². The first-order chi connectivity index (χ1) is 9.15. The molecule has 19 heavy (non-hydrogen) atoms. The van der Waals surface area contributed by atoms with Gasteiger partial charge < -0.3 is 10.3 Å². The van der Waals surface area contributed by atoms with Crippen LogP contribution in [0.15, 0.2) is 16.6 Å². The molecule has 102 valence electrons. The summed E-state index contributed by atoms with van der Waals surface area (Å²) in [5.74, 6) is 0.997. The van der Waals surface area contributed by atoms with Crippen LogP contribution >= 0.6 is 15.9 Å². The van der Waals surface area contributed by atoms with Crippen molar-refractivity contribution in [1.82, 2.24) is 9.55 Å². The largest absolute Gasteiger partial charge is 0.369 e. The number of nitrogen functional groups attached to an aromatic ring is 1. The predicted octanol–water partition coefficient (Wildman–Crippen LogP) is 4.10. The van der Waals surface area contributed by atoms with Gasteiger partial charge in [-0.25, -0.2) is 9.37 Å². The number of halogens is 2. The van der Waals surface area contributed by atoms with Gasteiger partial charge in [0.25, 0.3) is 0 Å². The maximum Gasteiger partial charge on any atom is 0.201 e. The lowest BCUT2D eigenvalue weighted by Crippen LogP contribution is -2.07. The number of imidazole rings is 1. The van der Waals surface area contributed by atoms with Gasteiger partial charge in [-0.05, 0) is 34.3 Å². The van der Waals surface area contributed by atoms with Gasteiger partial charge in [0, 0.05) is 12.6 Å². The van der Waals surface area contributed by atoms with E-state index >= 15 is 0 Å². The second kappa shape index (κ2) is 5.12. The average Bonchev–Trinajstić information content (AvgIpc) is 2.96. The topological polar surface area (TPSA) is 43.8 Å². The van der Waals surface area contributed by atoms with Crippen LogP contribution in [0, 0.1) is 11.7 Å². The molecule has 0 saturated heterocycles. The number of hydrogen-bond acceptors (Lipinski definition) is 2. The third-order valence-corrected chi connectivity index (χ3v) is 4.66. The van der Waals surface area contributed by atoms with Gasteiger partial charge in [-0.1, -0.05) is 25.7 Å². The van der Waals surface area contributed by atoms with Gasteiger partial charge in [-0.3, -0.25) is 0 Å². The molecule has 1 saturated carbocycles. The van der Waals surface area contributed by atoms with E-state index in [4.69, 9.17) is 5.73 Å². The summed E-state index contributed by atoms with van der Waals surface area (Å²) in [5, 5.41) is 0. The molecule has 1 heterocycles. The van der Waals surface area contributed by atoms with Crippen LogP contribution in [0.4, 0.5) is 10.3 Å². The quantitative estimate of drug-likeness (QED) is 0.923. The lowest BCUT2D eigenvalue weighted by molar-refractivity contribution is 0.464. The molecule has 5 heteroatoms. The highest BCUT2D eigenvalue weighted by Gasteiger charge is 2.17. The SMILES string of the molecule is Nc1nc2cc(Br)c(F)cc2n1CCC1CCCC1. The van der Waals surface area contributed by atoms with E-state index in [0.717, 1.165) is 29.9 Å². The highest BCUT2D eigenvalue weighted by molar-refractivity contribution is 9.10. The maximum absolute atomic E-state index is 13.7. The van der Waals surface area contributed by atoms with E-state index in [2.05, 4.69) is 20.9 Å². The Hall–Kier alpha value is -1.10. The number of rotatable bonds is 3. The monoisotopic (exact) mass is 325 g/mol. The number of benzene rings is 1. The fourth-order valence-corrected chi connectivity index (χ4v) is 3.32. The first-order valence-corrected chi connectivity index (χ1v) is 7.55. The minimum absolute atomic E-state index is 0.269. The number of nitrogens with zero attached hydrogens (tertiary/aromatic N) is 2. The van der Waals surface area contributed by atoms with Crippen molar-refractivity contribution in [2.45, 2.75) is 38.6 Å². The number of hydrogen-bond donors (Lipinski definition) is 1. The third kappa shape index (κ3) is 2.48. The summed E-state index contributed by atoms with van der Waals surface area (Å²) in [6, 6.07) is 3.20. The number of aryl methyl sites for hydroxylation is 1. The second-order valence-electron chi connectivity index (χ2n) is 5.32. The summed E-state index contributed by atoms with van der Waals surface area (Å²) in [6.07, 6.45) is 6.41. The molecule has 0 unspecified atom stereocenters. The highest BCUT2D eigenvalue weighted by atomic mass is 79.9. The van der Waals surface area contributed by atoms with Crippen molar-refractivity contribution in [2.75, 3.05) is 5.73 Å². The molecular formula is C14H17BrFN3. The van der Waals surface area contributed by atoms with Crippen LogP contribution in [0.3, 0.4) is 0 Å². The highest BCUT2D eigenvalue weighted by Crippen LogP contribution is 2.30. The summed E-state index contributed by atoms with van der Waals surface area (Å²) < 4.78 is 16.0. The van der Waals surface area contributed by atoms with Crippen LogP contribution in [0.25, 0.3) is 11.0 Å². The van der Waals surface area contributed by atoms with Crippen molar-refractivity contribution in [1.29, 1.82) is 0 Å². The first kappa shape index (κ1) is 12.9. The number of anilines is 1. The van der Waals surface area contributed by atoms with Gasteiger partial charge in [0.15, 0.2) is 0 Å². The normalized spacial score (nSPS) is 16.5. The van der Waals surface area contributed by atoms with E-state index in [9.17, 15) is 4.39 Å². The molecule has 1 aromatic carbocycles. The molecule has 0 atom stereocenters. The van der Waals surface area contributed by atoms with Crippen LogP contribution < -0.4 is 5.73 Å². The molecule has 0 radical (unpaired) electrons. The lowest BCUT2D eigenvalue weighted by atomic mass is 10.0. The number of fused-ring (bicyclic) bond motifs is 1. The smallest absolute Gasteiger partial charge is 0.201 e. The Kier molecular flexibility index (Phi) is 3.48. The number of nitrogens with two attached hydrogens (primary N) is 1. The summed E-state index contributed by atoms with van der Waals surface area (Å²) >= 11 is 3.18. The van der Waals surface area contributed by atoms with Crippen molar-refractivity contribution in [3.8, 4) is 0 Å². The van der Waals surface area contributed by atoms with Gasteiger partial charge in [-0.15, -0.1) is 0 Å². The first-order valence-electron chi connectivity index (χ1n) is 6.76. The van der Waals surface area contributed by atoms with Gasteiger partial charge in [-0.2, -0.15) is 0 Å². The fourth-order valence-electron chi connectivity index (χ4n) is 2.98. The summed E-state index contributed by atoms with van der Waals surface area (Å²) in [7, 11) is 0. The zero-order valence-electron chi connectivity index (χ0n) is 10.7. The molecule has 0 amide bonds. The minimum atomic E-state index is -0.269. The molecule has 0 spiro atoms. The Morgan fingerprint density at radius 1 is 1.37 bits per heavy atom. The van der Waals surface area contributed by atoms with Crippen molar-refractivity contribution in [2.24, 2.45) is 5.92 Å². The zero-order valence-corrected chi connectivity index (χ0v) is 12.3. The Balaban J connectivity index is 1.89. The van der Waals surface area contributed by atoms with Crippen LogP contribution in [-0.4, -0.2) is 9.55 Å². The van der Waals surface area contributed by atoms with Crippen molar-refractivity contribution >= 4 is 32.9 Å². The lowest BCUT2D eigenvalue weighted by Gasteiger charge is -2.11. The molecule has 0 bridgehead atoms. The summed E-state index contributed by atoms with van der Waals surface area (Å²) in [5.41, 5.74) is 7.49. The molecule has 1 fully saturated rings. The minimum Gasteiger partial charge on any atom is -0.369 e. The second-order valence-corrected chi connectivity index (χ2v) is 6.17. The Bertz CT molecular complexity index is 602.